The molecule has 1 rings (SSSR count). The van der Waals surface area contributed by atoms with E-state index in [-0.39, 0.29) is 0 Å². The average molecular weight is 262 g/mol. The normalized spacial score (nSPS) is 11.2. The molecule has 0 unspecified atom stereocenters. The Morgan fingerprint density at radius 2 is 1.47 bits per heavy atom. The molecule has 1 aromatic rings. The van der Waals surface area contributed by atoms with Gasteiger partial charge in [-0.3, -0.25) is 0 Å². The lowest BCUT2D eigenvalue weighted by Gasteiger charge is -2.31. The lowest BCUT2D eigenvalue weighted by atomic mass is 9.74. The van der Waals surface area contributed by atoms with Gasteiger partial charge in [0.05, 0.1) is 0 Å². The van der Waals surface area contributed by atoms with Crippen molar-refractivity contribution in [2.24, 2.45) is 5.92 Å². The van der Waals surface area contributed by atoms with Crippen molar-refractivity contribution in [2.45, 2.75) is 79.6 Å². The smallest absolute Gasteiger partial charge is 0.00982 e. The number of rotatable bonds is 6. The molecule has 0 aliphatic carbocycles. The molecular weight excluding hydrogens is 228 g/mol. The molecule has 0 aromatic heterocycles. The molecular formula is C19H34. The Kier molecular flexibility index (Phi) is 8.80. The van der Waals surface area contributed by atoms with Crippen LogP contribution in [0, 0.1) is 5.92 Å². The molecule has 0 heterocycles. The minimum absolute atomic E-state index is 0.309. The molecule has 0 saturated heterocycles. The fourth-order valence-corrected chi connectivity index (χ4v) is 2.90. The highest BCUT2D eigenvalue weighted by atomic mass is 14.3. The standard InChI is InChI=1S/C17H28.C2H6/c1-6-14(7-2)13-17(4,5)16-12-10-9-11-15(16)8-3;1-2/h9-12,14H,6-8,13H2,1-5H3;1-2H3. The van der Waals surface area contributed by atoms with E-state index in [0.717, 1.165) is 12.3 Å². The second-order valence-corrected chi connectivity index (χ2v) is 5.78. The summed E-state index contributed by atoms with van der Waals surface area (Å²) in [7, 11) is 0. The van der Waals surface area contributed by atoms with Crippen LogP contribution in [-0.2, 0) is 11.8 Å². The second-order valence-electron chi connectivity index (χ2n) is 5.78. The summed E-state index contributed by atoms with van der Waals surface area (Å²) in [4.78, 5) is 0. The second kappa shape index (κ2) is 9.18. The highest BCUT2D eigenvalue weighted by Gasteiger charge is 2.25. The average Bonchev–Trinajstić information content (AvgIpc) is 2.46. The number of benzene rings is 1. The SMILES string of the molecule is CC.CCc1ccccc1C(C)(C)CC(CC)CC. The third-order valence-corrected chi connectivity index (χ3v) is 4.08. The van der Waals surface area contributed by atoms with Gasteiger partial charge in [-0.1, -0.05) is 85.6 Å². The topological polar surface area (TPSA) is 0 Å². The first kappa shape index (κ1) is 18.2. The summed E-state index contributed by atoms with van der Waals surface area (Å²) in [5.74, 6) is 0.856. The van der Waals surface area contributed by atoms with E-state index in [1.54, 1.807) is 5.56 Å². The van der Waals surface area contributed by atoms with E-state index in [9.17, 15) is 0 Å². The molecule has 0 heteroatoms. The van der Waals surface area contributed by atoms with Crippen LogP contribution in [0.15, 0.2) is 24.3 Å². The van der Waals surface area contributed by atoms with Gasteiger partial charge in [0, 0.05) is 0 Å². The first-order valence-electron chi connectivity index (χ1n) is 8.13. The molecule has 19 heavy (non-hydrogen) atoms. The van der Waals surface area contributed by atoms with Crippen molar-refractivity contribution in [3.63, 3.8) is 0 Å². The zero-order chi connectivity index (χ0) is 14.9. The van der Waals surface area contributed by atoms with Crippen molar-refractivity contribution in [1.82, 2.24) is 0 Å². The van der Waals surface area contributed by atoms with Gasteiger partial charge in [-0.15, -0.1) is 0 Å². The lowest BCUT2D eigenvalue weighted by Crippen LogP contribution is -2.23. The number of hydrogen-bond donors (Lipinski definition) is 0. The van der Waals surface area contributed by atoms with Gasteiger partial charge in [0.2, 0.25) is 0 Å². The maximum absolute atomic E-state index is 2.40. The minimum atomic E-state index is 0.309. The van der Waals surface area contributed by atoms with Crippen LogP contribution in [-0.4, -0.2) is 0 Å². The summed E-state index contributed by atoms with van der Waals surface area (Å²) < 4.78 is 0. The van der Waals surface area contributed by atoms with E-state index in [1.165, 1.54) is 24.8 Å². The summed E-state index contributed by atoms with van der Waals surface area (Å²) in [6, 6.07) is 8.95. The van der Waals surface area contributed by atoms with Gasteiger partial charge in [-0.2, -0.15) is 0 Å². The van der Waals surface area contributed by atoms with Gasteiger partial charge in [-0.05, 0) is 35.3 Å². The number of aryl methyl sites for hydroxylation is 1. The summed E-state index contributed by atoms with van der Waals surface area (Å²) in [6.45, 7) is 15.7. The van der Waals surface area contributed by atoms with Gasteiger partial charge in [0.15, 0.2) is 0 Å². The van der Waals surface area contributed by atoms with Crippen LogP contribution in [0.5, 0.6) is 0 Å². The molecule has 0 bridgehead atoms. The van der Waals surface area contributed by atoms with Crippen LogP contribution in [0.1, 0.15) is 78.9 Å². The minimum Gasteiger partial charge on any atom is -0.0683 e. The highest BCUT2D eigenvalue weighted by molar-refractivity contribution is 5.33. The van der Waals surface area contributed by atoms with E-state index in [4.69, 9.17) is 0 Å². The van der Waals surface area contributed by atoms with Gasteiger partial charge >= 0.3 is 0 Å². The first-order valence-corrected chi connectivity index (χ1v) is 8.13. The van der Waals surface area contributed by atoms with Crippen molar-refractivity contribution >= 4 is 0 Å². The Labute approximate surface area is 121 Å². The predicted molar refractivity (Wildman–Crippen MR) is 88.9 cm³/mol. The van der Waals surface area contributed by atoms with Crippen molar-refractivity contribution in [2.75, 3.05) is 0 Å². The molecule has 0 spiro atoms. The lowest BCUT2D eigenvalue weighted by molar-refractivity contribution is 0.341. The summed E-state index contributed by atoms with van der Waals surface area (Å²) in [6.07, 6.45) is 5.04. The molecule has 0 radical (unpaired) electrons. The van der Waals surface area contributed by atoms with Crippen LogP contribution in [0.25, 0.3) is 0 Å². The van der Waals surface area contributed by atoms with Crippen LogP contribution in [0.2, 0.25) is 0 Å². The third kappa shape index (κ3) is 5.38. The largest absolute Gasteiger partial charge is 0.0683 e. The maximum atomic E-state index is 2.40. The Morgan fingerprint density at radius 3 is 1.95 bits per heavy atom. The Bertz CT molecular complexity index is 332. The predicted octanol–water partition coefficient (Wildman–Crippen LogP) is 6.38. The quantitative estimate of drug-likeness (QED) is 0.558. The van der Waals surface area contributed by atoms with Crippen molar-refractivity contribution in [1.29, 1.82) is 0 Å². The Hall–Kier alpha value is -0.780. The number of hydrogen-bond acceptors (Lipinski definition) is 0. The van der Waals surface area contributed by atoms with Crippen molar-refractivity contribution in [3.8, 4) is 0 Å². The van der Waals surface area contributed by atoms with Crippen LogP contribution < -0.4 is 0 Å². The van der Waals surface area contributed by atoms with E-state index in [0.29, 0.717) is 5.41 Å². The molecule has 1 aromatic carbocycles. The van der Waals surface area contributed by atoms with E-state index < -0.39 is 0 Å². The van der Waals surface area contributed by atoms with Gasteiger partial charge in [0.1, 0.15) is 0 Å². The first-order chi connectivity index (χ1) is 9.05. The van der Waals surface area contributed by atoms with Crippen LogP contribution in [0.4, 0.5) is 0 Å². The monoisotopic (exact) mass is 262 g/mol. The van der Waals surface area contributed by atoms with Crippen molar-refractivity contribution in [3.05, 3.63) is 35.4 Å². The maximum Gasteiger partial charge on any atom is -0.00982 e. The fourth-order valence-electron chi connectivity index (χ4n) is 2.90. The highest BCUT2D eigenvalue weighted by Crippen LogP contribution is 2.34. The van der Waals surface area contributed by atoms with E-state index >= 15 is 0 Å². The summed E-state index contributed by atoms with van der Waals surface area (Å²) >= 11 is 0. The Balaban J connectivity index is 0.00000154. The fraction of sp³-hybridized carbons (Fsp3) is 0.684. The van der Waals surface area contributed by atoms with Crippen LogP contribution >= 0.6 is 0 Å². The molecule has 0 atom stereocenters. The van der Waals surface area contributed by atoms with E-state index in [2.05, 4.69) is 58.9 Å². The molecule has 0 aliphatic rings. The van der Waals surface area contributed by atoms with Gasteiger partial charge < -0.3 is 0 Å². The summed E-state index contributed by atoms with van der Waals surface area (Å²) in [5, 5.41) is 0. The molecule has 0 amide bonds. The molecule has 0 saturated carbocycles. The molecule has 110 valence electrons. The van der Waals surface area contributed by atoms with E-state index in [1.807, 2.05) is 13.8 Å². The molecule has 0 fully saturated rings. The van der Waals surface area contributed by atoms with Crippen molar-refractivity contribution < 1.29 is 0 Å². The zero-order valence-electron chi connectivity index (χ0n) is 14.2. The zero-order valence-corrected chi connectivity index (χ0v) is 14.2. The van der Waals surface area contributed by atoms with Gasteiger partial charge in [0.25, 0.3) is 0 Å². The molecule has 0 aliphatic heterocycles. The molecule has 0 nitrogen and oxygen atoms in total. The Morgan fingerprint density at radius 1 is 0.947 bits per heavy atom. The van der Waals surface area contributed by atoms with Gasteiger partial charge in [-0.25, -0.2) is 0 Å². The van der Waals surface area contributed by atoms with Crippen LogP contribution in [0.3, 0.4) is 0 Å². The summed E-state index contributed by atoms with van der Waals surface area (Å²) in [5.41, 5.74) is 3.38. The third-order valence-electron chi connectivity index (χ3n) is 4.08. The molecule has 0 N–H and O–H groups in total.